The zero-order chi connectivity index (χ0) is 19.6. The molecule has 0 radical (unpaired) electrons. The van der Waals surface area contributed by atoms with E-state index in [1.165, 1.54) is 39.0 Å². The zero-order valence-electron chi connectivity index (χ0n) is 17.1. The smallest absolute Gasteiger partial charge is 0.222 e. The fourth-order valence-corrected chi connectivity index (χ4v) is 3.81. The van der Waals surface area contributed by atoms with Crippen molar-refractivity contribution in [2.24, 2.45) is 0 Å². The SMILES string of the molecule is CC(=O)NC(CC(=O)NCCCN(C)C1CCCCC1)c1ccc(C)cc1. The standard InChI is InChI=1S/C22H35N3O2/c1-17-10-12-19(13-11-17)21(24-18(2)26)16-22(27)23-14-7-15-25(3)20-8-5-4-6-9-20/h10-13,20-21H,4-9,14-16H2,1-3H3,(H,23,27)(H,24,26). The number of aryl methyl sites for hydroxylation is 1. The van der Waals surface area contributed by atoms with Crippen LogP contribution in [-0.4, -0.2) is 42.9 Å². The number of carbonyl (C=O) groups is 2. The van der Waals surface area contributed by atoms with Crippen molar-refractivity contribution in [2.45, 2.75) is 70.9 Å². The second-order valence-electron chi connectivity index (χ2n) is 7.84. The first kappa shape index (κ1) is 21.4. The molecule has 1 fully saturated rings. The van der Waals surface area contributed by atoms with E-state index in [-0.39, 0.29) is 24.3 Å². The number of nitrogens with zero attached hydrogens (tertiary/aromatic N) is 1. The fourth-order valence-electron chi connectivity index (χ4n) is 3.81. The highest BCUT2D eigenvalue weighted by molar-refractivity contribution is 5.79. The van der Waals surface area contributed by atoms with Crippen LogP contribution in [0, 0.1) is 6.92 Å². The Morgan fingerprint density at radius 2 is 1.81 bits per heavy atom. The molecule has 27 heavy (non-hydrogen) atoms. The second-order valence-corrected chi connectivity index (χ2v) is 7.84. The van der Waals surface area contributed by atoms with Crippen molar-refractivity contribution < 1.29 is 9.59 Å². The largest absolute Gasteiger partial charge is 0.356 e. The molecule has 1 aromatic rings. The van der Waals surface area contributed by atoms with Crippen molar-refractivity contribution in [3.8, 4) is 0 Å². The summed E-state index contributed by atoms with van der Waals surface area (Å²) in [5, 5.41) is 5.90. The number of benzene rings is 1. The molecule has 2 amide bonds. The summed E-state index contributed by atoms with van der Waals surface area (Å²) in [6.07, 6.45) is 7.88. The number of amides is 2. The monoisotopic (exact) mass is 373 g/mol. The summed E-state index contributed by atoms with van der Waals surface area (Å²) in [5.41, 5.74) is 2.12. The highest BCUT2D eigenvalue weighted by Crippen LogP contribution is 2.21. The Kier molecular flexibility index (Phi) is 8.79. The van der Waals surface area contributed by atoms with Crippen molar-refractivity contribution in [2.75, 3.05) is 20.1 Å². The molecule has 5 heteroatoms. The van der Waals surface area contributed by atoms with Gasteiger partial charge in [-0.25, -0.2) is 0 Å². The van der Waals surface area contributed by atoms with Gasteiger partial charge >= 0.3 is 0 Å². The van der Waals surface area contributed by atoms with Gasteiger partial charge < -0.3 is 15.5 Å². The van der Waals surface area contributed by atoms with E-state index >= 15 is 0 Å². The molecule has 1 saturated carbocycles. The van der Waals surface area contributed by atoms with Crippen LogP contribution < -0.4 is 10.6 Å². The minimum Gasteiger partial charge on any atom is -0.356 e. The Hall–Kier alpha value is -1.88. The quantitative estimate of drug-likeness (QED) is 0.653. The molecule has 1 aliphatic carbocycles. The molecule has 0 saturated heterocycles. The van der Waals surface area contributed by atoms with Crippen LogP contribution in [0.1, 0.15) is 69.0 Å². The Labute approximate surface area is 163 Å². The molecule has 1 aliphatic rings. The van der Waals surface area contributed by atoms with E-state index in [0.29, 0.717) is 12.6 Å². The number of hydrogen-bond donors (Lipinski definition) is 2. The van der Waals surface area contributed by atoms with E-state index in [0.717, 1.165) is 24.1 Å². The molecular formula is C22H35N3O2. The highest BCUT2D eigenvalue weighted by atomic mass is 16.2. The molecule has 1 aromatic carbocycles. The van der Waals surface area contributed by atoms with Crippen LogP contribution in [0.3, 0.4) is 0 Å². The lowest BCUT2D eigenvalue weighted by Crippen LogP contribution is -2.36. The van der Waals surface area contributed by atoms with Gasteiger partial charge in [0.2, 0.25) is 11.8 Å². The van der Waals surface area contributed by atoms with E-state index in [2.05, 4.69) is 22.6 Å². The van der Waals surface area contributed by atoms with Gasteiger partial charge in [0.1, 0.15) is 0 Å². The molecule has 1 atom stereocenters. The van der Waals surface area contributed by atoms with Crippen molar-refractivity contribution in [1.82, 2.24) is 15.5 Å². The van der Waals surface area contributed by atoms with Gasteiger partial charge in [-0.05, 0) is 45.3 Å². The third-order valence-corrected chi connectivity index (χ3v) is 5.45. The van der Waals surface area contributed by atoms with Crippen LogP contribution in [0.15, 0.2) is 24.3 Å². The topological polar surface area (TPSA) is 61.4 Å². The molecule has 5 nitrogen and oxygen atoms in total. The molecule has 150 valence electrons. The Morgan fingerprint density at radius 3 is 2.44 bits per heavy atom. The van der Waals surface area contributed by atoms with Gasteiger partial charge in [-0.2, -0.15) is 0 Å². The maximum absolute atomic E-state index is 12.3. The van der Waals surface area contributed by atoms with Crippen molar-refractivity contribution in [1.29, 1.82) is 0 Å². The van der Waals surface area contributed by atoms with Crippen LogP contribution in [-0.2, 0) is 9.59 Å². The van der Waals surface area contributed by atoms with E-state index in [1.807, 2.05) is 31.2 Å². The zero-order valence-corrected chi connectivity index (χ0v) is 17.1. The molecule has 0 aromatic heterocycles. The third-order valence-electron chi connectivity index (χ3n) is 5.45. The van der Waals surface area contributed by atoms with Gasteiger partial charge in [-0.15, -0.1) is 0 Å². The van der Waals surface area contributed by atoms with Crippen molar-refractivity contribution in [3.05, 3.63) is 35.4 Å². The van der Waals surface area contributed by atoms with E-state index in [4.69, 9.17) is 0 Å². The van der Waals surface area contributed by atoms with Gasteiger partial charge in [-0.3, -0.25) is 9.59 Å². The first-order valence-electron chi connectivity index (χ1n) is 10.3. The normalized spacial score (nSPS) is 16.1. The van der Waals surface area contributed by atoms with E-state index < -0.39 is 0 Å². The fraction of sp³-hybridized carbons (Fsp3) is 0.636. The average molecular weight is 374 g/mol. The average Bonchev–Trinajstić information content (AvgIpc) is 2.65. The second kappa shape index (κ2) is 11.1. The van der Waals surface area contributed by atoms with Gasteiger partial charge in [0, 0.05) is 19.5 Å². The maximum atomic E-state index is 12.3. The maximum Gasteiger partial charge on any atom is 0.222 e. The molecule has 0 spiro atoms. The molecule has 0 heterocycles. The highest BCUT2D eigenvalue weighted by Gasteiger charge is 2.18. The summed E-state index contributed by atoms with van der Waals surface area (Å²) < 4.78 is 0. The predicted molar refractivity (Wildman–Crippen MR) is 109 cm³/mol. The number of carbonyl (C=O) groups excluding carboxylic acids is 2. The van der Waals surface area contributed by atoms with Crippen molar-refractivity contribution >= 4 is 11.8 Å². The molecule has 1 unspecified atom stereocenters. The lowest BCUT2D eigenvalue weighted by molar-refractivity contribution is -0.122. The van der Waals surface area contributed by atoms with Crippen LogP contribution in [0.5, 0.6) is 0 Å². The van der Waals surface area contributed by atoms with Crippen LogP contribution in [0.2, 0.25) is 0 Å². The van der Waals surface area contributed by atoms with Crippen LogP contribution in [0.4, 0.5) is 0 Å². The lowest BCUT2D eigenvalue weighted by Gasteiger charge is -2.31. The minimum absolute atomic E-state index is 0.0188. The molecule has 2 rings (SSSR count). The summed E-state index contributed by atoms with van der Waals surface area (Å²) in [4.78, 5) is 26.3. The van der Waals surface area contributed by atoms with Crippen LogP contribution in [0.25, 0.3) is 0 Å². The van der Waals surface area contributed by atoms with Gasteiger partial charge in [-0.1, -0.05) is 49.1 Å². The lowest BCUT2D eigenvalue weighted by atomic mass is 9.94. The van der Waals surface area contributed by atoms with E-state index in [1.54, 1.807) is 0 Å². The van der Waals surface area contributed by atoms with Crippen LogP contribution >= 0.6 is 0 Å². The summed E-state index contributed by atoms with van der Waals surface area (Å²) in [7, 11) is 2.20. The molecule has 0 aliphatic heterocycles. The number of hydrogen-bond acceptors (Lipinski definition) is 3. The Balaban J connectivity index is 1.74. The number of nitrogens with one attached hydrogen (secondary N) is 2. The minimum atomic E-state index is -0.284. The Bertz CT molecular complexity index is 594. The molecular weight excluding hydrogens is 338 g/mol. The van der Waals surface area contributed by atoms with Gasteiger partial charge in [0.15, 0.2) is 0 Å². The summed E-state index contributed by atoms with van der Waals surface area (Å²) in [6, 6.07) is 8.38. The molecule has 0 bridgehead atoms. The predicted octanol–water partition coefficient (Wildman–Crippen LogP) is 3.33. The Morgan fingerprint density at radius 1 is 1.15 bits per heavy atom. The van der Waals surface area contributed by atoms with Crippen molar-refractivity contribution in [3.63, 3.8) is 0 Å². The summed E-state index contributed by atoms with van der Waals surface area (Å²) in [5.74, 6) is -0.142. The third kappa shape index (κ3) is 7.71. The first-order chi connectivity index (χ1) is 13.0. The summed E-state index contributed by atoms with van der Waals surface area (Å²) >= 11 is 0. The van der Waals surface area contributed by atoms with E-state index in [9.17, 15) is 9.59 Å². The first-order valence-corrected chi connectivity index (χ1v) is 10.3. The summed E-state index contributed by atoms with van der Waals surface area (Å²) in [6.45, 7) is 5.20. The number of rotatable bonds is 9. The molecule has 2 N–H and O–H groups in total. The van der Waals surface area contributed by atoms with Gasteiger partial charge in [0.25, 0.3) is 0 Å². The van der Waals surface area contributed by atoms with Gasteiger partial charge in [0.05, 0.1) is 12.5 Å².